The van der Waals surface area contributed by atoms with E-state index in [-0.39, 0.29) is 24.3 Å². The molecule has 0 bridgehead atoms. The van der Waals surface area contributed by atoms with Gasteiger partial charge in [0.2, 0.25) is 5.91 Å². The minimum atomic E-state index is -0.312. The van der Waals surface area contributed by atoms with Crippen molar-refractivity contribution in [1.82, 2.24) is 15.5 Å². The molecule has 1 aromatic carbocycles. The van der Waals surface area contributed by atoms with E-state index in [0.717, 1.165) is 24.8 Å². The Hall–Kier alpha value is -1.95. The zero-order valence-corrected chi connectivity index (χ0v) is 12.3. The number of nitrogens with one attached hydrogen (secondary N) is 2. The molecule has 1 saturated heterocycles. The molecule has 118 valence electrons. The molecule has 6 heteroatoms. The summed E-state index contributed by atoms with van der Waals surface area (Å²) in [6, 6.07) is 6.68. The Morgan fingerprint density at radius 2 is 2.00 bits per heavy atom. The lowest BCUT2D eigenvalue weighted by atomic mass is 9.94. The number of halogens is 1. The number of hydrogen-bond acceptors (Lipinski definition) is 3. The van der Waals surface area contributed by atoms with Gasteiger partial charge in [-0.2, -0.15) is 0 Å². The highest BCUT2D eigenvalue weighted by Crippen LogP contribution is 2.34. The van der Waals surface area contributed by atoms with Gasteiger partial charge in [0.25, 0.3) is 0 Å². The van der Waals surface area contributed by atoms with Crippen LogP contribution in [0.2, 0.25) is 0 Å². The highest BCUT2D eigenvalue weighted by molar-refractivity contribution is 6.01. The lowest BCUT2D eigenvalue weighted by Gasteiger charge is -2.22. The summed E-state index contributed by atoms with van der Waals surface area (Å²) in [6.07, 6.45) is 3.26. The van der Waals surface area contributed by atoms with Gasteiger partial charge in [0.15, 0.2) is 0 Å². The van der Waals surface area contributed by atoms with Crippen LogP contribution in [0.25, 0.3) is 0 Å². The van der Waals surface area contributed by atoms with Crippen molar-refractivity contribution in [1.29, 1.82) is 0 Å². The van der Waals surface area contributed by atoms with Gasteiger partial charge in [-0.05, 0) is 36.5 Å². The standard InChI is InChI=1S/C16H20FN3O2/c17-12-6-4-11(5-7-12)13-2-1-3-14(13)18-8-9-20-15(21)10-19-16(20)22/h4-7,13-14,18H,1-3,8-10H2,(H,19,22)/t13-,14-/m1/s1. The first kappa shape index (κ1) is 15.0. The monoisotopic (exact) mass is 305 g/mol. The molecule has 3 amide bonds. The summed E-state index contributed by atoms with van der Waals surface area (Å²) in [5, 5.41) is 5.96. The second-order valence-electron chi connectivity index (χ2n) is 5.85. The number of amides is 3. The molecular formula is C16H20FN3O2. The molecule has 5 nitrogen and oxygen atoms in total. The molecule has 1 saturated carbocycles. The Balaban J connectivity index is 1.54. The lowest BCUT2D eigenvalue weighted by Crippen LogP contribution is -2.40. The average molecular weight is 305 g/mol. The van der Waals surface area contributed by atoms with Gasteiger partial charge < -0.3 is 10.6 Å². The predicted molar refractivity (Wildman–Crippen MR) is 79.9 cm³/mol. The molecule has 2 N–H and O–H groups in total. The third kappa shape index (κ3) is 3.11. The van der Waals surface area contributed by atoms with Crippen molar-refractivity contribution in [3.8, 4) is 0 Å². The zero-order chi connectivity index (χ0) is 15.5. The molecule has 1 aliphatic carbocycles. The van der Waals surface area contributed by atoms with Crippen LogP contribution >= 0.6 is 0 Å². The van der Waals surface area contributed by atoms with Crippen molar-refractivity contribution in [2.24, 2.45) is 0 Å². The van der Waals surface area contributed by atoms with Crippen molar-refractivity contribution in [3.05, 3.63) is 35.6 Å². The van der Waals surface area contributed by atoms with Crippen LogP contribution in [0, 0.1) is 5.82 Å². The minimum Gasteiger partial charge on any atom is -0.329 e. The van der Waals surface area contributed by atoms with E-state index in [1.807, 2.05) is 12.1 Å². The van der Waals surface area contributed by atoms with Gasteiger partial charge in [0.1, 0.15) is 5.82 Å². The maximum atomic E-state index is 13.0. The quantitative estimate of drug-likeness (QED) is 0.812. The molecule has 2 fully saturated rings. The summed E-state index contributed by atoms with van der Waals surface area (Å²) in [7, 11) is 0. The molecule has 2 aliphatic rings. The second-order valence-corrected chi connectivity index (χ2v) is 5.85. The van der Waals surface area contributed by atoms with Crippen LogP contribution in [0.5, 0.6) is 0 Å². The first-order valence-electron chi connectivity index (χ1n) is 7.72. The van der Waals surface area contributed by atoms with Gasteiger partial charge in [-0.1, -0.05) is 18.6 Å². The number of benzene rings is 1. The SMILES string of the molecule is O=C1CNC(=O)N1CCN[C@@H]1CCC[C@@H]1c1ccc(F)cc1. The van der Waals surface area contributed by atoms with E-state index in [1.165, 1.54) is 17.0 Å². The summed E-state index contributed by atoms with van der Waals surface area (Å²) in [5.74, 6) is -0.0261. The largest absolute Gasteiger partial charge is 0.329 e. The number of rotatable bonds is 5. The molecule has 1 heterocycles. The van der Waals surface area contributed by atoms with Crippen LogP contribution in [0.15, 0.2) is 24.3 Å². The van der Waals surface area contributed by atoms with E-state index >= 15 is 0 Å². The maximum Gasteiger partial charge on any atom is 0.324 e. The van der Waals surface area contributed by atoms with E-state index in [2.05, 4.69) is 10.6 Å². The van der Waals surface area contributed by atoms with Crippen LogP contribution in [0.3, 0.4) is 0 Å². The molecule has 0 aromatic heterocycles. The fourth-order valence-corrected chi connectivity index (χ4v) is 3.36. The fourth-order valence-electron chi connectivity index (χ4n) is 3.36. The second kappa shape index (κ2) is 6.44. The van der Waals surface area contributed by atoms with Crippen molar-refractivity contribution in [3.63, 3.8) is 0 Å². The van der Waals surface area contributed by atoms with Gasteiger partial charge >= 0.3 is 6.03 Å². The van der Waals surface area contributed by atoms with Gasteiger partial charge in [-0.3, -0.25) is 9.69 Å². The van der Waals surface area contributed by atoms with Gasteiger partial charge in [-0.25, -0.2) is 9.18 Å². The van der Waals surface area contributed by atoms with Crippen molar-refractivity contribution in [2.45, 2.75) is 31.2 Å². The molecular weight excluding hydrogens is 285 g/mol. The summed E-state index contributed by atoms with van der Waals surface area (Å²) in [4.78, 5) is 24.2. The number of nitrogens with zero attached hydrogens (tertiary/aromatic N) is 1. The molecule has 2 atom stereocenters. The number of carbonyl (C=O) groups excluding carboxylic acids is 2. The normalized spacial score (nSPS) is 24.9. The molecule has 0 spiro atoms. The summed E-state index contributed by atoms with van der Waals surface area (Å²) >= 11 is 0. The smallest absolute Gasteiger partial charge is 0.324 e. The molecule has 3 rings (SSSR count). The van der Waals surface area contributed by atoms with Crippen LogP contribution in [-0.4, -0.2) is 42.5 Å². The Morgan fingerprint density at radius 1 is 1.23 bits per heavy atom. The van der Waals surface area contributed by atoms with Crippen LogP contribution in [0.4, 0.5) is 9.18 Å². The van der Waals surface area contributed by atoms with Crippen molar-refractivity contribution >= 4 is 11.9 Å². The van der Waals surface area contributed by atoms with Gasteiger partial charge in [0, 0.05) is 19.1 Å². The van der Waals surface area contributed by atoms with E-state index < -0.39 is 0 Å². The number of urea groups is 1. The lowest BCUT2D eigenvalue weighted by molar-refractivity contribution is -0.124. The zero-order valence-electron chi connectivity index (χ0n) is 12.3. The molecule has 0 radical (unpaired) electrons. The van der Waals surface area contributed by atoms with Gasteiger partial charge in [0.05, 0.1) is 6.54 Å². The first-order valence-corrected chi connectivity index (χ1v) is 7.72. The Morgan fingerprint density at radius 3 is 2.68 bits per heavy atom. The highest BCUT2D eigenvalue weighted by Gasteiger charge is 2.30. The minimum absolute atomic E-state index is 0.0977. The third-order valence-electron chi connectivity index (χ3n) is 4.49. The van der Waals surface area contributed by atoms with Crippen LogP contribution < -0.4 is 10.6 Å². The fraction of sp³-hybridized carbons (Fsp3) is 0.500. The first-order chi connectivity index (χ1) is 10.6. The van der Waals surface area contributed by atoms with E-state index in [0.29, 0.717) is 25.0 Å². The van der Waals surface area contributed by atoms with Crippen molar-refractivity contribution in [2.75, 3.05) is 19.6 Å². The number of imide groups is 1. The third-order valence-corrected chi connectivity index (χ3v) is 4.49. The average Bonchev–Trinajstić information content (AvgIpc) is 3.09. The van der Waals surface area contributed by atoms with E-state index in [1.54, 1.807) is 0 Å². The summed E-state index contributed by atoms with van der Waals surface area (Å²) in [5.41, 5.74) is 1.14. The molecule has 1 aromatic rings. The predicted octanol–water partition coefficient (Wildman–Crippen LogP) is 1.60. The molecule has 1 aliphatic heterocycles. The van der Waals surface area contributed by atoms with Crippen LogP contribution in [-0.2, 0) is 4.79 Å². The number of carbonyl (C=O) groups is 2. The topological polar surface area (TPSA) is 61.4 Å². The maximum absolute atomic E-state index is 13.0. The Labute approximate surface area is 128 Å². The molecule has 22 heavy (non-hydrogen) atoms. The summed E-state index contributed by atoms with van der Waals surface area (Å²) in [6.45, 7) is 1.07. The Bertz CT molecular complexity index is 545. The molecule has 0 unspecified atom stereocenters. The highest BCUT2D eigenvalue weighted by atomic mass is 19.1. The Kier molecular flexibility index (Phi) is 4.38. The summed E-state index contributed by atoms with van der Waals surface area (Å²) < 4.78 is 13.0. The van der Waals surface area contributed by atoms with Gasteiger partial charge in [-0.15, -0.1) is 0 Å². The van der Waals surface area contributed by atoms with E-state index in [4.69, 9.17) is 0 Å². The van der Waals surface area contributed by atoms with Crippen molar-refractivity contribution < 1.29 is 14.0 Å². The van der Waals surface area contributed by atoms with Crippen LogP contribution in [0.1, 0.15) is 30.7 Å². The van der Waals surface area contributed by atoms with E-state index in [9.17, 15) is 14.0 Å². The number of hydrogen-bond donors (Lipinski definition) is 2.